The molecule has 6 heteroatoms. The lowest BCUT2D eigenvalue weighted by molar-refractivity contribution is -0.127. The molecule has 0 saturated heterocycles. The van der Waals surface area contributed by atoms with Crippen LogP contribution in [-0.2, 0) is 11.3 Å². The van der Waals surface area contributed by atoms with Crippen molar-refractivity contribution in [1.29, 1.82) is 0 Å². The maximum atomic E-state index is 11.9. The second-order valence-electron chi connectivity index (χ2n) is 7.49. The lowest BCUT2D eigenvalue weighted by atomic mass is 9.79. The lowest BCUT2D eigenvalue weighted by Gasteiger charge is -2.33. The van der Waals surface area contributed by atoms with Crippen molar-refractivity contribution >= 4 is 23.2 Å². The topological polar surface area (TPSA) is 56.7 Å². The number of nitrogens with zero attached hydrogens (tertiary/aromatic N) is 2. The summed E-state index contributed by atoms with van der Waals surface area (Å²) in [5, 5.41) is 9.08. The number of hydrogen-bond donors (Lipinski definition) is 2. The monoisotopic (exact) mass is 362 g/mol. The molecule has 0 bridgehead atoms. The summed E-state index contributed by atoms with van der Waals surface area (Å²) in [6.07, 6.45) is 7.99. The van der Waals surface area contributed by atoms with Gasteiger partial charge in [0.25, 0.3) is 0 Å². The molecule has 2 aliphatic carbocycles. The Morgan fingerprint density at radius 3 is 2.88 bits per heavy atom. The molecule has 1 heterocycles. The van der Waals surface area contributed by atoms with Crippen molar-refractivity contribution in [2.45, 2.75) is 51.1 Å². The third-order valence-electron chi connectivity index (χ3n) is 5.51. The van der Waals surface area contributed by atoms with Crippen LogP contribution in [0.25, 0.3) is 0 Å². The van der Waals surface area contributed by atoms with Crippen LogP contribution in [0.1, 0.15) is 43.4 Å². The molecule has 0 aliphatic heterocycles. The number of carbonyl (C=O) groups is 1. The van der Waals surface area contributed by atoms with Crippen molar-refractivity contribution in [2.75, 3.05) is 20.6 Å². The van der Waals surface area contributed by atoms with Crippen molar-refractivity contribution in [3.05, 3.63) is 22.4 Å². The molecule has 1 amide bonds. The predicted octanol–water partition coefficient (Wildman–Crippen LogP) is 2.84. The second-order valence-corrected chi connectivity index (χ2v) is 8.52. The van der Waals surface area contributed by atoms with Gasteiger partial charge < -0.3 is 15.5 Å². The highest BCUT2D eigenvalue weighted by Gasteiger charge is 2.33. The number of likely N-dealkylation sites (N-methyl/N-ethyl adjacent to an activating group) is 1. The highest BCUT2D eigenvalue weighted by atomic mass is 32.1. The van der Waals surface area contributed by atoms with E-state index in [0.29, 0.717) is 6.04 Å². The Kier molecular flexibility index (Phi) is 6.34. The van der Waals surface area contributed by atoms with Gasteiger partial charge in [-0.05, 0) is 42.5 Å². The molecule has 25 heavy (non-hydrogen) atoms. The number of aliphatic imine (C=N–C) groups is 1. The fourth-order valence-electron chi connectivity index (χ4n) is 4.05. The first-order valence-corrected chi connectivity index (χ1v) is 10.3. The van der Waals surface area contributed by atoms with Crippen LogP contribution in [0.3, 0.4) is 0 Å². The highest BCUT2D eigenvalue weighted by Crippen LogP contribution is 2.41. The largest absolute Gasteiger partial charge is 0.354 e. The first kappa shape index (κ1) is 18.2. The van der Waals surface area contributed by atoms with Gasteiger partial charge >= 0.3 is 0 Å². The number of hydrogen-bond acceptors (Lipinski definition) is 3. The quantitative estimate of drug-likeness (QED) is 0.625. The third kappa shape index (κ3) is 5.21. The second kappa shape index (κ2) is 8.70. The van der Waals surface area contributed by atoms with Crippen molar-refractivity contribution in [3.8, 4) is 0 Å². The summed E-state index contributed by atoms with van der Waals surface area (Å²) in [5.74, 6) is 2.63. The van der Waals surface area contributed by atoms with Gasteiger partial charge in [0, 0.05) is 25.0 Å². The lowest BCUT2D eigenvalue weighted by Crippen LogP contribution is -2.46. The fraction of sp³-hybridized carbons (Fsp3) is 0.684. The minimum Gasteiger partial charge on any atom is -0.354 e. The molecule has 3 atom stereocenters. The number of guanidine groups is 1. The van der Waals surface area contributed by atoms with Crippen molar-refractivity contribution in [3.63, 3.8) is 0 Å². The smallest absolute Gasteiger partial charge is 0.243 e. The maximum Gasteiger partial charge on any atom is 0.243 e. The highest BCUT2D eigenvalue weighted by molar-refractivity contribution is 7.09. The van der Waals surface area contributed by atoms with Gasteiger partial charge in [0.05, 0.1) is 6.54 Å². The van der Waals surface area contributed by atoms with E-state index in [-0.39, 0.29) is 12.5 Å². The molecule has 0 spiro atoms. The Morgan fingerprint density at radius 2 is 2.12 bits per heavy atom. The van der Waals surface area contributed by atoms with E-state index in [1.807, 2.05) is 0 Å². The molecule has 2 saturated carbocycles. The van der Waals surface area contributed by atoms with Crippen LogP contribution >= 0.6 is 11.3 Å². The summed E-state index contributed by atoms with van der Waals surface area (Å²) >= 11 is 1.73. The molecule has 138 valence electrons. The molecule has 0 radical (unpaired) electrons. The van der Waals surface area contributed by atoms with Gasteiger partial charge in [-0.3, -0.25) is 4.79 Å². The standard InChI is InChI=1S/C19H30N4OS/c1-23(2)18(24)13-21-19(20-12-17-7-4-10-25-17)22-16-9-8-14-5-3-6-15(14)11-16/h4,7,10,14-16H,3,5-6,8-9,11-13H2,1-2H3,(H2,20,21,22). The maximum absolute atomic E-state index is 11.9. The van der Waals surface area contributed by atoms with Crippen LogP contribution in [0.2, 0.25) is 0 Å². The van der Waals surface area contributed by atoms with E-state index in [1.54, 1.807) is 30.3 Å². The Balaban J connectivity index is 1.58. The van der Waals surface area contributed by atoms with E-state index in [9.17, 15) is 4.79 Å². The minimum atomic E-state index is 0.0247. The van der Waals surface area contributed by atoms with Crippen LogP contribution in [0.5, 0.6) is 0 Å². The van der Waals surface area contributed by atoms with E-state index in [4.69, 9.17) is 0 Å². The van der Waals surface area contributed by atoms with Crippen LogP contribution < -0.4 is 10.6 Å². The average molecular weight is 363 g/mol. The normalized spacial score (nSPS) is 26.2. The zero-order valence-electron chi connectivity index (χ0n) is 15.3. The predicted molar refractivity (Wildman–Crippen MR) is 104 cm³/mol. The van der Waals surface area contributed by atoms with Gasteiger partial charge in [-0.15, -0.1) is 11.3 Å². The molecular formula is C19H30N4OS. The molecule has 5 nitrogen and oxygen atoms in total. The van der Waals surface area contributed by atoms with Gasteiger partial charge in [0.1, 0.15) is 6.54 Å². The SMILES string of the molecule is CN(C)C(=O)CN=C(NCc1cccs1)NC1CCC2CCCC2C1. The molecule has 1 aromatic heterocycles. The molecule has 2 aliphatic rings. The van der Waals surface area contributed by atoms with Gasteiger partial charge in [-0.25, -0.2) is 4.99 Å². The summed E-state index contributed by atoms with van der Waals surface area (Å²) in [6.45, 7) is 0.934. The van der Waals surface area contributed by atoms with Crippen LogP contribution in [0, 0.1) is 11.8 Å². The van der Waals surface area contributed by atoms with Gasteiger partial charge in [0.15, 0.2) is 5.96 Å². The zero-order chi connectivity index (χ0) is 17.6. The summed E-state index contributed by atoms with van der Waals surface area (Å²) in [6, 6.07) is 4.65. The summed E-state index contributed by atoms with van der Waals surface area (Å²) in [4.78, 5) is 19.3. The van der Waals surface area contributed by atoms with E-state index < -0.39 is 0 Å². The Hall–Kier alpha value is -1.56. The van der Waals surface area contributed by atoms with E-state index in [2.05, 4.69) is 33.1 Å². The molecule has 0 aromatic carbocycles. The van der Waals surface area contributed by atoms with Crippen molar-refractivity contribution in [2.24, 2.45) is 16.8 Å². The minimum absolute atomic E-state index is 0.0247. The first-order valence-electron chi connectivity index (χ1n) is 9.39. The van der Waals surface area contributed by atoms with E-state index in [1.165, 1.54) is 43.4 Å². The van der Waals surface area contributed by atoms with Gasteiger partial charge in [0.2, 0.25) is 5.91 Å². The summed E-state index contributed by atoms with van der Waals surface area (Å²) in [7, 11) is 3.54. The molecule has 3 rings (SSSR count). The Morgan fingerprint density at radius 1 is 1.28 bits per heavy atom. The number of nitrogens with one attached hydrogen (secondary N) is 2. The van der Waals surface area contributed by atoms with E-state index >= 15 is 0 Å². The fourth-order valence-corrected chi connectivity index (χ4v) is 4.70. The molecule has 3 unspecified atom stereocenters. The Bertz CT molecular complexity index is 584. The van der Waals surface area contributed by atoms with E-state index in [0.717, 1.165) is 24.3 Å². The molecule has 2 N–H and O–H groups in total. The van der Waals surface area contributed by atoms with Crippen molar-refractivity contribution in [1.82, 2.24) is 15.5 Å². The number of thiophene rings is 1. The van der Waals surface area contributed by atoms with Gasteiger partial charge in [-0.1, -0.05) is 25.3 Å². The summed E-state index contributed by atoms with van der Waals surface area (Å²) < 4.78 is 0. The summed E-state index contributed by atoms with van der Waals surface area (Å²) in [5.41, 5.74) is 0. The third-order valence-corrected chi connectivity index (χ3v) is 6.39. The van der Waals surface area contributed by atoms with Crippen LogP contribution in [-0.4, -0.2) is 43.4 Å². The molecule has 2 fully saturated rings. The number of carbonyl (C=O) groups excluding carboxylic acids is 1. The molecule has 1 aromatic rings. The number of rotatable bonds is 5. The zero-order valence-corrected chi connectivity index (χ0v) is 16.1. The average Bonchev–Trinajstić information content (AvgIpc) is 3.27. The molecular weight excluding hydrogens is 332 g/mol. The first-order chi connectivity index (χ1) is 12.1. The van der Waals surface area contributed by atoms with Crippen molar-refractivity contribution < 1.29 is 4.79 Å². The Labute approximate surface area is 154 Å². The van der Waals surface area contributed by atoms with Gasteiger partial charge in [-0.2, -0.15) is 0 Å². The van der Waals surface area contributed by atoms with Crippen LogP contribution in [0.4, 0.5) is 0 Å². The van der Waals surface area contributed by atoms with Crippen LogP contribution in [0.15, 0.2) is 22.5 Å². The number of amides is 1. The number of fused-ring (bicyclic) bond motifs is 1.